The van der Waals surface area contributed by atoms with Gasteiger partial charge in [-0.15, -0.1) is 0 Å². The van der Waals surface area contributed by atoms with Crippen LogP contribution in [0.15, 0.2) is 150 Å². The Morgan fingerprint density at radius 1 is 0.447 bits per heavy atom. The van der Waals surface area contributed by atoms with Gasteiger partial charge in [-0.1, -0.05) is 91.0 Å². The number of rotatable bonds is 3. The summed E-state index contributed by atoms with van der Waals surface area (Å²) >= 11 is 0. The molecular weight excluding hydrogens is 580 g/mol. The molecule has 0 saturated carbocycles. The molecule has 2 aromatic heterocycles. The van der Waals surface area contributed by atoms with Gasteiger partial charge in [-0.05, 0) is 71.1 Å². The highest BCUT2D eigenvalue weighted by Gasteiger charge is 2.39. The predicted molar refractivity (Wildman–Crippen MR) is 189 cm³/mol. The van der Waals surface area contributed by atoms with Gasteiger partial charge in [-0.25, -0.2) is 0 Å². The lowest BCUT2D eigenvalue weighted by molar-refractivity contribution is -0.113. The van der Waals surface area contributed by atoms with Gasteiger partial charge in [0, 0.05) is 32.6 Å². The fourth-order valence-electron chi connectivity index (χ4n) is 7.43. The molecule has 0 fully saturated rings. The minimum absolute atomic E-state index is 0.427. The Bertz CT molecular complexity index is 2790. The molecule has 5 nitrogen and oxygen atoms in total. The predicted octanol–water partition coefficient (Wildman–Crippen LogP) is 10.4. The first-order chi connectivity index (χ1) is 23.2. The van der Waals surface area contributed by atoms with Crippen LogP contribution in [0.3, 0.4) is 0 Å². The lowest BCUT2D eigenvalue weighted by Gasteiger charge is -2.20. The summed E-state index contributed by atoms with van der Waals surface area (Å²) < 4.78 is 8.36. The molecule has 9 aromatic rings. The number of carbonyl (C=O) groups excluding carboxylic acids is 2. The van der Waals surface area contributed by atoms with E-state index in [4.69, 9.17) is 4.42 Å². The van der Waals surface area contributed by atoms with Crippen LogP contribution in [-0.4, -0.2) is 16.3 Å². The topological polar surface area (TPSA) is 55.5 Å². The molecule has 0 radical (unpaired) electrons. The van der Waals surface area contributed by atoms with E-state index >= 15 is 0 Å². The van der Waals surface area contributed by atoms with E-state index in [0.717, 1.165) is 71.3 Å². The number of para-hydroxylation sites is 2. The second kappa shape index (κ2) is 9.52. The summed E-state index contributed by atoms with van der Waals surface area (Å²) in [6, 6.07) is 48.6. The first kappa shape index (κ1) is 25.8. The lowest BCUT2D eigenvalue weighted by Crippen LogP contribution is -2.24. The maximum atomic E-state index is 13.8. The van der Waals surface area contributed by atoms with Crippen LogP contribution < -0.4 is 4.90 Å². The molecule has 0 aliphatic carbocycles. The average molecular weight is 605 g/mol. The highest BCUT2D eigenvalue weighted by Crippen LogP contribution is 2.46. The van der Waals surface area contributed by atoms with Crippen molar-refractivity contribution in [1.29, 1.82) is 0 Å². The van der Waals surface area contributed by atoms with E-state index in [0.29, 0.717) is 16.9 Å². The molecule has 0 bridgehead atoms. The standard InChI is InChI=1S/C42H24N2O3/c45-41-35-24-32(25-10-2-1-3-11-25)28-12-4-5-15-31(28)40(35)44(42(41)46)27-18-20-37-33(22-27)29-13-6-8-16-36(29)43(37)26-19-21-39-34(23-26)30-14-7-9-17-38(30)47-39/h1-24H. The Labute approximate surface area is 268 Å². The summed E-state index contributed by atoms with van der Waals surface area (Å²) in [5.41, 5.74) is 8.43. The van der Waals surface area contributed by atoms with Crippen molar-refractivity contribution in [3.63, 3.8) is 0 Å². The Hall–Kier alpha value is -6.46. The highest BCUT2D eigenvalue weighted by molar-refractivity contribution is 6.55. The lowest BCUT2D eigenvalue weighted by atomic mass is 9.93. The molecule has 47 heavy (non-hydrogen) atoms. The minimum atomic E-state index is -0.546. The number of carbonyl (C=O) groups is 2. The van der Waals surface area contributed by atoms with E-state index in [1.807, 2.05) is 103 Å². The summed E-state index contributed by atoms with van der Waals surface area (Å²) in [5, 5.41) is 6.04. The van der Waals surface area contributed by atoms with Crippen LogP contribution in [0.4, 0.5) is 11.4 Å². The van der Waals surface area contributed by atoms with Crippen LogP contribution in [0.5, 0.6) is 0 Å². The number of fused-ring (bicyclic) bond motifs is 9. The average Bonchev–Trinajstić information content (AvgIpc) is 3.75. The molecule has 0 unspecified atom stereocenters. The van der Waals surface area contributed by atoms with Crippen LogP contribution in [0.25, 0.3) is 71.3 Å². The van der Waals surface area contributed by atoms with Crippen molar-refractivity contribution in [2.45, 2.75) is 0 Å². The second-order valence-corrected chi connectivity index (χ2v) is 12.0. The number of nitrogens with zero attached hydrogens (tertiary/aromatic N) is 2. The third kappa shape index (κ3) is 3.59. The molecule has 0 spiro atoms. The number of benzene rings is 7. The molecule has 3 heterocycles. The molecular formula is C42H24N2O3. The second-order valence-electron chi connectivity index (χ2n) is 12.0. The number of Topliss-reactive ketones (excluding diaryl/α,β-unsaturated/α-hetero) is 1. The van der Waals surface area contributed by atoms with E-state index in [1.165, 1.54) is 0 Å². The zero-order valence-electron chi connectivity index (χ0n) is 25.0. The van der Waals surface area contributed by atoms with Gasteiger partial charge in [0.15, 0.2) is 0 Å². The molecule has 1 aliphatic heterocycles. The quantitative estimate of drug-likeness (QED) is 0.189. The molecule has 1 amide bonds. The SMILES string of the molecule is O=C1C(=O)N(c2ccc3c(c2)c2ccccc2n3-c2ccc3oc4ccccc4c3c2)c2c1cc(-c1ccccc1)c1ccccc21. The fourth-order valence-corrected chi connectivity index (χ4v) is 7.43. The van der Waals surface area contributed by atoms with Crippen LogP contribution in [-0.2, 0) is 4.79 Å². The van der Waals surface area contributed by atoms with E-state index < -0.39 is 11.7 Å². The highest BCUT2D eigenvalue weighted by atomic mass is 16.3. The van der Waals surface area contributed by atoms with Gasteiger partial charge in [0.25, 0.3) is 5.78 Å². The number of amides is 1. The third-order valence-electron chi connectivity index (χ3n) is 9.50. The van der Waals surface area contributed by atoms with Gasteiger partial charge in [0.2, 0.25) is 0 Å². The summed E-state index contributed by atoms with van der Waals surface area (Å²) in [7, 11) is 0. The number of ketones is 1. The first-order valence-electron chi connectivity index (χ1n) is 15.6. The number of aromatic nitrogens is 1. The number of hydrogen-bond acceptors (Lipinski definition) is 3. The van der Waals surface area contributed by atoms with Crippen LogP contribution in [0.2, 0.25) is 0 Å². The summed E-state index contributed by atoms with van der Waals surface area (Å²) in [6.45, 7) is 0. The van der Waals surface area contributed by atoms with E-state index in [2.05, 4.69) is 47.0 Å². The Balaban J connectivity index is 1.19. The van der Waals surface area contributed by atoms with Crippen molar-refractivity contribution < 1.29 is 14.0 Å². The zero-order valence-corrected chi connectivity index (χ0v) is 25.0. The van der Waals surface area contributed by atoms with E-state index in [1.54, 1.807) is 4.90 Å². The molecule has 0 atom stereocenters. The van der Waals surface area contributed by atoms with Crippen LogP contribution in [0, 0.1) is 0 Å². The van der Waals surface area contributed by atoms with Crippen LogP contribution in [0.1, 0.15) is 10.4 Å². The third-order valence-corrected chi connectivity index (χ3v) is 9.50. The summed E-state index contributed by atoms with van der Waals surface area (Å²) in [6.07, 6.45) is 0. The van der Waals surface area contributed by atoms with Crippen molar-refractivity contribution in [2.75, 3.05) is 4.90 Å². The smallest absolute Gasteiger partial charge is 0.304 e. The molecule has 220 valence electrons. The summed E-state index contributed by atoms with van der Waals surface area (Å²) in [4.78, 5) is 29.1. The van der Waals surface area contributed by atoms with Gasteiger partial charge in [0.1, 0.15) is 11.2 Å². The normalized spacial score (nSPS) is 13.1. The van der Waals surface area contributed by atoms with Gasteiger partial charge in [-0.2, -0.15) is 0 Å². The van der Waals surface area contributed by atoms with Crippen molar-refractivity contribution in [1.82, 2.24) is 4.57 Å². The Kier molecular flexibility index (Phi) is 5.23. The summed E-state index contributed by atoms with van der Waals surface area (Å²) in [5.74, 6) is -1.04. The number of furan rings is 1. The van der Waals surface area contributed by atoms with Crippen molar-refractivity contribution in [3.8, 4) is 16.8 Å². The maximum absolute atomic E-state index is 13.8. The minimum Gasteiger partial charge on any atom is -0.456 e. The Morgan fingerprint density at radius 2 is 1.09 bits per heavy atom. The molecule has 0 N–H and O–H groups in total. The van der Waals surface area contributed by atoms with Crippen LogP contribution >= 0.6 is 0 Å². The van der Waals surface area contributed by atoms with Gasteiger partial charge in [0.05, 0.1) is 28.0 Å². The zero-order chi connectivity index (χ0) is 31.2. The fraction of sp³-hybridized carbons (Fsp3) is 0. The molecule has 0 saturated heterocycles. The van der Waals surface area contributed by atoms with Crippen molar-refractivity contribution >= 4 is 77.6 Å². The number of anilines is 2. The molecule has 1 aliphatic rings. The monoisotopic (exact) mass is 604 g/mol. The van der Waals surface area contributed by atoms with E-state index in [-0.39, 0.29) is 0 Å². The van der Waals surface area contributed by atoms with Crippen molar-refractivity contribution in [2.24, 2.45) is 0 Å². The van der Waals surface area contributed by atoms with Crippen molar-refractivity contribution in [3.05, 3.63) is 151 Å². The van der Waals surface area contributed by atoms with E-state index in [9.17, 15) is 9.59 Å². The van der Waals surface area contributed by atoms with Gasteiger partial charge >= 0.3 is 5.91 Å². The maximum Gasteiger partial charge on any atom is 0.304 e. The van der Waals surface area contributed by atoms with Gasteiger partial charge in [-0.3, -0.25) is 14.5 Å². The first-order valence-corrected chi connectivity index (χ1v) is 15.6. The molecule has 7 aromatic carbocycles. The largest absolute Gasteiger partial charge is 0.456 e. The number of hydrogen-bond donors (Lipinski definition) is 0. The molecule has 5 heteroatoms. The molecule has 10 rings (SSSR count). The van der Waals surface area contributed by atoms with Gasteiger partial charge < -0.3 is 8.98 Å². The Morgan fingerprint density at radius 3 is 1.94 bits per heavy atom.